The van der Waals surface area contributed by atoms with Crippen molar-refractivity contribution in [2.45, 2.75) is 55.9 Å². The van der Waals surface area contributed by atoms with Gasteiger partial charge in [-0.05, 0) is 26.3 Å². The Bertz CT molecular complexity index is 1210. The molecule has 11 heteroatoms. The molecule has 1 aromatic heterocycles. The second kappa shape index (κ2) is 7.06. The normalized spacial score (nSPS) is 26.8. The molecule has 1 unspecified atom stereocenters. The number of fused-ring (bicyclic) bond motifs is 2. The minimum Gasteiger partial charge on any atom is -0.493 e. The molecule has 0 saturated carbocycles. The molecule has 172 valence electrons. The number of anilines is 1. The highest BCUT2D eigenvalue weighted by molar-refractivity contribution is 7.89. The molecular formula is C21H24F2N4O4S. The maximum atomic E-state index is 14.6. The van der Waals surface area contributed by atoms with E-state index in [1.807, 2.05) is 0 Å². The largest absolute Gasteiger partial charge is 0.493 e. The Morgan fingerprint density at radius 2 is 2.09 bits per heavy atom. The van der Waals surface area contributed by atoms with Crippen LogP contribution in [0.5, 0.6) is 5.75 Å². The summed E-state index contributed by atoms with van der Waals surface area (Å²) in [6, 6.07) is 4.94. The fraction of sp³-hybridized carbons (Fsp3) is 0.524. The number of hydrogen-bond acceptors (Lipinski definition) is 7. The number of β-amino-alcohol motifs (C(OH)–C–C–N with tert-alkyl or cyclic N) is 1. The third kappa shape index (κ3) is 3.25. The Labute approximate surface area is 184 Å². The van der Waals surface area contributed by atoms with E-state index in [-0.39, 0.29) is 43.7 Å². The highest BCUT2D eigenvalue weighted by Gasteiger charge is 2.45. The van der Waals surface area contributed by atoms with Crippen LogP contribution in [0.4, 0.5) is 14.7 Å². The fourth-order valence-corrected chi connectivity index (χ4v) is 5.32. The number of rotatable bonds is 4. The lowest BCUT2D eigenvalue weighted by atomic mass is 9.95. The topological polar surface area (TPSA) is 119 Å². The number of primary sulfonamides is 1. The Hall–Kier alpha value is -2.37. The number of benzene rings is 1. The number of ether oxygens (including phenoxy) is 1. The number of hydrogen-bond donors (Lipinski definition) is 2. The lowest BCUT2D eigenvalue weighted by Gasteiger charge is -2.43. The number of aromatic nitrogens is 2. The summed E-state index contributed by atoms with van der Waals surface area (Å²) in [5.41, 5.74) is 1.85. The first-order valence-electron chi connectivity index (χ1n) is 10.5. The quantitative estimate of drug-likeness (QED) is 0.707. The van der Waals surface area contributed by atoms with Crippen molar-refractivity contribution in [3.05, 3.63) is 35.0 Å². The van der Waals surface area contributed by atoms with Crippen LogP contribution in [0.2, 0.25) is 0 Å². The third-order valence-electron chi connectivity index (χ3n) is 6.91. The van der Waals surface area contributed by atoms with Crippen molar-refractivity contribution < 1.29 is 27.0 Å². The lowest BCUT2D eigenvalue weighted by Crippen LogP contribution is -2.59. The number of nitrogens with zero attached hydrogens (tertiary/aromatic N) is 3. The molecule has 1 aromatic carbocycles. The summed E-state index contributed by atoms with van der Waals surface area (Å²) in [5, 5.41) is 14.3. The van der Waals surface area contributed by atoms with Crippen molar-refractivity contribution in [2.75, 3.05) is 18.1 Å². The van der Waals surface area contributed by atoms with E-state index in [1.54, 1.807) is 36.9 Å². The van der Waals surface area contributed by atoms with Gasteiger partial charge in [-0.3, -0.25) is 0 Å². The number of aliphatic hydroxyl groups excluding tert-OH is 1. The van der Waals surface area contributed by atoms with Gasteiger partial charge in [-0.25, -0.2) is 23.5 Å². The first-order valence-corrected chi connectivity index (χ1v) is 12.1. The van der Waals surface area contributed by atoms with Gasteiger partial charge in [-0.2, -0.15) is 8.78 Å². The van der Waals surface area contributed by atoms with Crippen molar-refractivity contribution in [3.63, 3.8) is 0 Å². The average Bonchev–Trinajstić information content (AvgIpc) is 3.30. The van der Waals surface area contributed by atoms with Crippen LogP contribution in [0.15, 0.2) is 18.2 Å². The van der Waals surface area contributed by atoms with Crippen molar-refractivity contribution in [2.24, 2.45) is 5.14 Å². The SMILES string of the molecule is CC([C@H]1COc2cc(-c3nc(N4C[C@@H](O)[C@@H]4C)nc4c3CCC4(F)F)ccc21)S(N)(=O)=O. The predicted octanol–water partition coefficient (Wildman–Crippen LogP) is 1.90. The molecule has 3 N–H and O–H groups in total. The van der Waals surface area contributed by atoms with Crippen molar-refractivity contribution >= 4 is 16.0 Å². The molecule has 0 amide bonds. The number of nitrogens with two attached hydrogens (primary N) is 1. The van der Waals surface area contributed by atoms with Gasteiger partial charge in [-0.1, -0.05) is 12.1 Å². The summed E-state index contributed by atoms with van der Waals surface area (Å²) in [4.78, 5) is 10.5. The summed E-state index contributed by atoms with van der Waals surface area (Å²) < 4.78 is 58.5. The summed E-state index contributed by atoms with van der Waals surface area (Å²) in [6.07, 6.45) is -0.734. The molecule has 1 saturated heterocycles. The molecule has 1 fully saturated rings. The molecule has 3 aliphatic rings. The van der Waals surface area contributed by atoms with Crippen LogP contribution in [0.1, 0.15) is 43.0 Å². The van der Waals surface area contributed by atoms with E-state index in [0.717, 1.165) is 0 Å². The Kier molecular flexibility index (Phi) is 4.74. The zero-order valence-electron chi connectivity index (χ0n) is 17.6. The molecule has 2 aliphatic heterocycles. The molecule has 0 radical (unpaired) electrons. The number of sulfonamides is 1. The molecule has 0 bridgehead atoms. The van der Waals surface area contributed by atoms with Crippen LogP contribution in [0.25, 0.3) is 11.3 Å². The van der Waals surface area contributed by atoms with Gasteiger partial charge in [0.2, 0.25) is 16.0 Å². The molecule has 32 heavy (non-hydrogen) atoms. The van der Waals surface area contributed by atoms with Crippen LogP contribution in [0, 0.1) is 0 Å². The first-order chi connectivity index (χ1) is 15.0. The summed E-state index contributed by atoms with van der Waals surface area (Å²) in [6.45, 7) is 3.79. The van der Waals surface area contributed by atoms with E-state index >= 15 is 0 Å². The van der Waals surface area contributed by atoms with Gasteiger partial charge < -0.3 is 14.7 Å². The van der Waals surface area contributed by atoms with E-state index < -0.39 is 33.2 Å². The Morgan fingerprint density at radius 3 is 2.75 bits per heavy atom. The molecule has 3 heterocycles. The van der Waals surface area contributed by atoms with Gasteiger partial charge in [0.05, 0.1) is 29.7 Å². The maximum absolute atomic E-state index is 14.6. The smallest absolute Gasteiger partial charge is 0.290 e. The highest BCUT2D eigenvalue weighted by atomic mass is 32.2. The van der Waals surface area contributed by atoms with Crippen LogP contribution >= 0.6 is 0 Å². The van der Waals surface area contributed by atoms with Gasteiger partial charge in [0.1, 0.15) is 11.4 Å². The van der Waals surface area contributed by atoms with E-state index in [9.17, 15) is 22.3 Å². The first kappa shape index (κ1) is 21.5. The fourth-order valence-electron chi connectivity index (χ4n) is 4.63. The zero-order chi connectivity index (χ0) is 23.0. The minimum absolute atomic E-state index is 0.152. The standard InChI is InChI=1S/C21H24F2N4O4S/c1-10-16(28)8-27(10)20-25-18(14-5-6-21(22,23)19(14)26-20)12-3-4-13-15(9-31-17(13)7-12)11(2)32(24,29)30/h3-4,7,10-11,15-16,28H,5-6,8-9H2,1-2H3,(H2,24,29,30)/t10-,11?,15+,16+/m0/s1. The Balaban J connectivity index is 1.58. The molecular weight excluding hydrogens is 442 g/mol. The second-order valence-corrected chi connectivity index (χ2v) is 10.7. The number of halogens is 2. The van der Waals surface area contributed by atoms with Gasteiger partial charge in [0, 0.05) is 35.6 Å². The summed E-state index contributed by atoms with van der Waals surface area (Å²) in [5.74, 6) is -2.79. The van der Waals surface area contributed by atoms with Crippen LogP contribution in [0.3, 0.4) is 0 Å². The number of aliphatic hydroxyl groups is 1. The van der Waals surface area contributed by atoms with Crippen LogP contribution in [-0.2, 0) is 22.4 Å². The molecule has 4 atom stereocenters. The van der Waals surface area contributed by atoms with Crippen LogP contribution in [-0.4, -0.2) is 54.0 Å². The molecule has 5 rings (SSSR count). The van der Waals surface area contributed by atoms with Gasteiger partial charge in [0.15, 0.2) is 0 Å². The zero-order valence-corrected chi connectivity index (χ0v) is 18.4. The van der Waals surface area contributed by atoms with E-state index in [1.165, 1.54) is 0 Å². The van der Waals surface area contributed by atoms with E-state index in [2.05, 4.69) is 9.97 Å². The third-order valence-corrected chi connectivity index (χ3v) is 8.27. The van der Waals surface area contributed by atoms with Crippen molar-refractivity contribution in [1.82, 2.24) is 9.97 Å². The van der Waals surface area contributed by atoms with Gasteiger partial charge >= 0.3 is 0 Å². The van der Waals surface area contributed by atoms with Crippen molar-refractivity contribution in [1.29, 1.82) is 0 Å². The van der Waals surface area contributed by atoms with Crippen molar-refractivity contribution in [3.8, 4) is 17.0 Å². The van der Waals surface area contributed by atoms with Gasteiger partial charge in [-0.15, -0.1) is 0 Å². The van der Waals surface area contributed by atoms with Crippen LogP contribution < -0.4 is 14.8 Å². The Morgan fingerprint density at radius 1 is 1.34 bits per heavy atom. The predicted molar refractivity (Wildman–Crippen MR) is 113 cm³/mol. The monoisotopic (exact) mass is 466 g/mol. The van der Waals surface area contributed by atoms with E-state index in [0.29, 0.717) is 28.1 Å². The summed E-state index contributed by atoms with van der Waals surface area (Å²) >= 11 is 0. The lowest BCUT2D eigenvalue weighted by molar-refractivity contribution is -0.00603. The average molecular weight is 467 g/mol. The molecule has 0 spiro atoms. The summed E-state index contributed by atoms with van der Waals surface area (Å²) in [7, 11) is -3.74. The number of alkyl halides is 2. The molecule has 8 nitrogen and oxygen atoms in total. The molecule has 1 aliphatic carbocycles. The maximum Gasteiger partial charge on any atom is 0.290 e. The minimum atomic E-state index is -3.74. The second-order valence-electron chi connectivity index (χ2n) is 8.83. The highest BCUT2D eigenvalue weighted by Crippen LogP contribution is 2.46. The molecule has 2 aromatic rings. The van der Waals surface area contributed by atoms with Gasteiger partial charge in [0.25, 0.3) is 5.92 Å². The van der Waals surface area contributed by atoms with E-state index in [4.69, 9.17) is 9.88 Å².